The Morgan fingerprint density at radius 2 is 1.10 bits per heavy atom. The first kappa shape index (κ1) is 39.0. The number of benzene rings is 4. The smallest absolute Gasteiger partial charge is 0.163 e. The minimum atomic E-state index is -0.0922. The van der Waals surface area contributed by atoms with Crippen LogP contribution in [0.2, 0.25) is 5.15 Å². The van der Waals surface area contributed by atoms with E-state index in [1.54, 1.807) is 24.8 Å². The van der Waals surface area contributed by atoms with Gasteiger partial charge in [-0.2, -0.15) is 0 Å². The third-order valence-electron chi connectivity index (χ3n) is 9.39. The Hall–Kier alpha value is -6.89. The predicted molar refractivity (Wildman–Crippen MR) is 230 cm³/mol. The number of rotatable bonds is 7. The Morgan fingerprint density at radius 3 is 1.69 bits per heavy atom. The minimum absolute atomic E-state index is 0.0922. The van der Waals surface area contributed by atoms with Gasteiger partial charge in [-0.15, -0.1) is 0 Å². The van der Waals surface area contributed by atoms with Gasteiger partial charge in [0.05, 0.1) is 17.6 Å². The van der Waals surface area contributed by atoms with E-state index >= 15 is 0 Å². The lowest BCUT2D eigenvalue weighted by Crippen LogP contribution is -2.39. The minimum Gasteiger partial charge on any atom is -0.486 e. The normalized spacial score (nSPS) is 15.0. The zero-order valence-electron chi connectivity index (χ0n) is 32.5. The summed E-state index contributed by atoms with van der Waals surface area (Å²) in [4.78, 5) is 28.7. The lowest BCUT2D eigenvalue weighted by atomic mass is 10.2. The molecule has 1 N–H and O–H groups in total. The second-order valence-electron chi connectivity index (χ2n) is 13.7. The Balaban J connectivity index is 0.000000136. The van der Waals surface area contributed by atoms with Crippen molar-refractivity contribution < 1.29 is 18.9 Å². The van der Waals surface area contributed by atoms with Crippen molar-refractivity contribution in [1.82, 2.24) is 35.2 Å². The molecule has 2 aliphatic heterocycles. The number of hydrogen-bond donors (Lipinski definition) is 1. The summed E-state index contributed by atoms with van der Waals surface area (Å²) in [7, 11) is 3.93. The number of ether oxygens (including phenoxy) is 4. The lowest BCUT2D eigenvalue weighted by Gasteiger charge is -2.30. The van der Waals surface area contributed by atoms with Crippen molar-refractivity contribution in [2.45, 2.75) is 12.2 Å². The molecule has 59 heavy (non-hydrogen) atoms. The summed E-state index contributed by atoms with van der Waals surface area (Å²) in [5.74, 6) is 5.37. The number of fused-ring (bicyclic) bond motifs is 4. The Kier molecular flexibility index (Phi) is 12.3. The van der Waals surface area contributed by atoms with Gasteiger partial charge in [-0.05, 0) is 79.8 Å². The van der Waals surface area contributed by atoms with Crippen molar-refractivity contribution in [2.24, 2.45) is 0 Å². The zero-order chi connectivity index (χ0) is 40.4. The molecule has 12 nitrogen and oxygen atoms in total. The number of likely N-dealkylation sites (N-methyl/N-ethyl adjacent to an activating group) is 2. The van der Waals surface area contributed by atoms with E-state index in [1.165, 1.54) is 0 Å². The molecular weight excluding hydrogens is 764 g/mol. The molecule has 2 atom stereocenters. The lowest BCUT2D eigenvalue weighted by molar-refractivity contribution is 0.0919. The summed E-state index contributed by atoms with van der Waals surface area (Å²) < 4.78 is 23.2. The number of nitrogens with one attached hydrogen (secondary N) is 1. The molecule has 0 aliphatic carbocycles. The van der Waals surface area contributed by atoms with Gasteiger partial charge < -0.3 is 29.2 Å². The van der Waals surface area contributed by atoms with Crippen molar-refractivity contribution >= 4 is 39.2 Å². The quantitative estimate of drug-likeness (QED) is 0.156. The summed E-state index contributed by atoms with van der Waals surface area (Å²) >= 11 is 6.14. The van der Waals surface area contributed by atoms with E-state index in [-0.39, 0.29) is 12.2 Å². The highest BCUT2D eigenvalue weighted by molar-refractivity contribution is 6.34. The molecule has 0 amide bonds. The van der Waals surface area contributed by atoms with Crippen LogP contribution in [0.15, 0.2) is 146 Å². The molecule has 0 saturated carbocycles. The Bertz CT molecular complexity index is 2640. The molecule has 0 saturated heterocycles. The summed E-state index contributed by atoms with van der Waals surface area (Å²) in [6, 6.07) is 38.8. The zero-order valence-corrected chi connectivity index (χ0v) is 33.2. The van der Waals surface area contributed by atoms with E-state index in [9.17, 15) is 0 Å². The first-order valence-corrected chi connectivity index (χ1v) is 19.5. The molecule has 8 aromatic rings. The van der Waals surface area contributed by atoms with Crippen molar-refractivity contribution in [1.29, 1.82) is 0 Å². The number of para-hydroxylation sites is 6. The maximum absolute atomic E-state index is 6.14. The summed E-state index contributed by atoms with van der Waals surface area (Å²) in [5.41, 5.74) is 3.49. The molecule has 296 valence electrons. The Morgan fingerprint density at radius 1 is 0.593 bits per heavy atom. The van der Waals surface area contributed by atoms with Gasteiger partial charge in [0.1, 0.15) is 30.3 Å². The molecule has 4 aromatic carbocycles. The average Bonchev–Trinajstić information content (AvgIpc) is 3.29. The topological polar surface area (TPSA) is 130 Å². The molecule has 2 aliphatic rings. The third-order valence-corrected chi connectivity index (χ3v) is 9.67. The van der Waals surface area contributed by atoms with Crippen LogP contribution in [-0.2, 0) is 0 Å². The van der Waals surface area contributed by atoms with Crippen LogP contribution in [-0.4, -0.2) is 82.5 Å². The first-order chi connectivity index (χ1) is 29.0. The fourth-order valence-corrected chi connectivity index (χ4v) is 6.81. The van der Waals surface area contributed by atoms with E-state index < -0.39 is 0 Å². The molecule has 0 unspecified atom stereocenters. The van der Waals surface area contributed by atoms with Crippen LogP contribution < -0.4 is 29.2 Å². The van der Waals surface area contributed by atoms with Gasteiger partial charge in [0.2, 0.25) is 0 Å². The molecular formula is C46H41ClN8O4. The van der Waals surface area contributed by atoms with Crippen LogP contribution in [0.1, 0.15) is 0 Å². The second kappa shape index (κ2) is 18.6. The second-order valence-corrected chi connectivity index (χ2v) is 14.0. The first-order valence-electron chi connectivity index (χ1n) is 19.1. The van der Waals surface area contributed by atoms with Gasteiger partial charge in [0.15, 0.2) is 40.8 Å². The monoisotopic (exact) mass is 804 g/mol. The van der Waals surface area contributed by atoms with Crippen LogP contribution in [0.3, 0.4) is 0 Å². The highest BCUT2D eigenvalue weighted by Crippen LogP contribution is 2.33. The van der Waals surface area contributed by atoms with Gasteiger partial charge in [-0.1, -0.05) is 60.1 Å². The van der Waals surface area contributed by atoms with Crippen LogP contribution in [0.5, 0.6) is 23.0 Å². The molecule has 0 radical (unpaired) electrons. The standard InChI is InChI=1S/C23H20N4O2.C13H8ClN3.C10H13NO2/c1-27(14-17-15-28-20-10-4-5-11-21(20)29-17)23-18-8-2-3-9-19(18)25-22(26-23)16-7-6-12-24-13-16;14-12-10-5-1-2-6-11(10)16-13(17-12)9-4-3-7-15-8-9;1-11-6-8-7-12-9-4-2-3-5-10(9)13-8/h2-13,17H,14-15H2,1H3;1-8H;2-5,8,11H,6-7H2,1H3/t17-;;8-/m0.0/s1. The highest BCUT2D eigenvalue weighted by Gasteiger charge is 2.24. The molecule has 0 fully saturated rings. The number of pyridine rings is 2. The Labute approximate surface area is 346 Å². The molecule has 6 heterocycles. The van der Waals surface area contributed by atoms with Gasteiger partial charge in [0.25, 0.3) is 0 Å². The number of halogens is 1. The fraction of sp³-hybridized carbons (Fsp3) is 0.174. The largest absolute Gasteiger partial charge is 0.486 e. The predicted octanol–water partition coefficient (Wildman–Crippen LogP) is 8.36. The molecule has 0 bridgehead atoms. The van der Waals surface area contributed by atoms with E-state index in [0.29, 0.717) is 36.6 Å². The summed E-state index contributed by atoms with van der Waals surface area (Å²) in [6.45, 7) is 2.58. The van der Waals surface area contributed by atoms with Gasteiger partial charge in [-0.3, -0.25) is 9.97 Å². The van der Waals surface area contributed by atoms with Crippen molar-refractivity contribution in [3.8, 4) is 45.8 Å². The molecule has 13 heteroatoms. The number of aromatic nitrogens is 6. The number of hydrogen-bond acceptors (Lipinski definition) is 12. The maximum Gasteiger partial charge on any atom is 0.163 e. The maximum atomic E-state index is 6.14. The van der Waals surface area contributed by atoms with Crippen molar-refractivity contribution in [3.05, 3.63) is 151 Å². The molecule has 0 spiro atoms. The van der Waals surface area contributed by atoms with Crippen LogP contribution in [0.25, 0.3) is 44.6 Å². The number of nitrogens with zero attached hydrogens (tertiary/aromatic N) is 7. The van der Waals surface area contributed by atoms with Crippen LogP contribution in [0, 0.1) is 0 Å². The van der Waals surface area contributed by atoms with E-state index in [4.69, 9.17) is 40.5 Å². The van der Waals surface area contributed by atoms with E-state index in [1.807, 2.05) is 135 Å². The van der Waals surface area contributed by atoms with E-state index in [0.717, 1.165) is 68.3 Å². The van der Waals surface area contributed by atoms with Gasteiger partial charge in [0, 0.05) is 60.3 Å². The average molecular weight is 805 g/mol. The van der Waals surface area contributed by atoms with Crippen molar-refractivity contribution in [2.75, 3.05) is 45.3 Å². The van der Waals surface area contributed by atoms with Crippen LogP contribution in [0.4, 0.5) is 5.82 Å². The van der Waals surface area contributed by atoms with Crippen LogP contribution >= 0.6 is 11.6 Å². The molecule has 10 rings (SSSR count). The number of anilines is 1. The highest BCUT2D eigenvalue weighted by atomic mass is 35.5. The van der Waals surface area contributed by atoms with Gasteiger partial charge in [-0.25, -0.2) is 19.9 Å². The van der Waals surface area contributed by atoms with Gasteiger partial charge >= 0.3 is 0 Å². The van der Waals surface area contributed by atoms with E-state index in [2.05, 4.69) is 30.2 Å². The van der Waals surface area contributed by atoms with Crippen molar-refractivity contribution in [3.63, 3.8) is 0 Å². The summed E-state index contributed by atoms with van der Waals surface area (Å²) in [5, 5.41) is 5.39. The summed E-state index contributed by atoms with van der Waals surface area (Å²) in [6.07, 6.45) is 7.00. The molecule has 4 aromatic heterocycles. The third kappa shape index (κ3) is 9.47. The SMILES string of the molecule is CN(C[C@H]1COc2ccccc2O1)c1nc(-c2cccnc2)nc2ccccc12.CNC[C@H]1COc2ccccc2O1.Clc1nc(-c2cccnc2)nc2ccccc12. The fourth-order valence-electron chi connectivity index (χ4n) is 6.57.